The van der Waals surface area contributed by atoms with Crippen molar-refractivity contribution in [3.63, 3.8) is 0 Å². The molecular weight excluding hydrogens is 611 g/mol. The van der Waals surface area contributed by atoms with E-state index in [1.807, 2.05) is 6.07 Å². The number of rotatable bonds is 6. The van der Waals surface area contributed by atoms with Gasteiger partial charge in [0.25, 0.3) is 0 Å². The van der Waals surface area contributed by atoms with Gasteiger partial charge in [-0.05, 0) is 74.4 Å². The molecule has 10 nitrogen and oxygen atoms in total. The fourth-order valence-corrected chi connectivity index (χ4v) is 6.88. The Balaban J connectivity index is 2.00. The number of carbonyl (C=O) groups excluding carboxylic acids is 2. The molecule has 0 aromatic heterocycles. The van der Waals surface area contributed by atoms with Gasteiger partial charge in [-0.2, -0.15) is 18.4 Å². The molecule has 2 aromatic carbocycles. The Morgan fingerprint density at radius 2 is 1.84 bits per heavy atom. The first-order chi connectivity index (χ1) is 21.1. The quantitative estimate of drug-likeness (QED) is 0.379. The van der Waals surface area contributed by atoms with E-state index in [2.05, 4.69) is 11.8 Å². The second kappa shape index (κ2) is 12.9. The maximum absolute atomic E-state index is 14.5. The van der Waals surface area contributed by atoms with Crippen molar-refractivity contribution < 1.29 is 36.3 Å². The van der Waals surface area contributed by atoms with Crippen LogP contribution in [0.2, 0.25) is 0 Å². The number of aliphatic hydroxyl groups excluding tert-OH is 1. The lowest BCUT2D eigenvalue weighted by Gasteiger charge is -2.45. The summed E-state index contributed by atoms with van der Waals surface area (Å²) in [6.45, 7) is 10.8. The number of anilines is 1. The van der Waals surface area contributed by atoms with E-state index in [0.29, 0.717) is 23.7 Å². The van der Waals surface area contributed by atoms with Crippen LogP contribution in [0.3, 0.4) is 0 Å². The molecule has 14 heteroatoms. The summed E-state index contributed by atoms with van der Waals surface area (Å²) in [4.78, 5) is 35.0. The van der Waals surface area contributed by atoms with Gasteiger partial charge < -0.3 is 10.0 Å². The van der Waals surface area contributed by atoms with Crippen molar-refractivity contribution in [2.24, 2.45) is 5.92 Å². The standard InChI is InChI=1S/C31H32F3N5O5S/c1-19-8-11-23(12-9-19)37(14-15-40)29(41)39-28(25-13-10-21(18-35)16-26(25)45(4,43)44)27(36-3)20(2)38(30(39)42)24-7-5-6-22(17-24)31(32,33)34/h5-7,10,13,16-17,19,23,28,40H,8-9,11-12,14-15H2,1-2,4H3/t19?,23?,28-/m1/s1. The lowest BCUT2D eigenvalue weighted by Crippen LogP contribution is -2.58. The Morgan fingerprint density at radius 3 is 2.40 bits per heavy atom. The number of aliphatic hydroxyl groups is 1. The predicted molar refractivity (Wildman–Crippen MR) is 158 cm³/mol. The maximum atomic E-state index is 14.5. The van der Waals surface area contributed by atoms with Gasteiger partial charge in [0, 0.05) is 30.2 Å². The van der Waals surface area contributed by atoms with Crippen LogP contribution in [0, 0.1) is 23.8 Å². The molecule has 1 aliphatic carbocycles. The third kappa shape index (κ3) is 6.67. The zero-order valence-electron chi connectivity index (χ0n) is 24.9. The van der Waals surface area contributed by atoms with Crippen LogP contribution in [0.25, 0.3) is 4.85 Å². The minimum atomic E-state index is -4.75. The van der Waals surface area contributed by atoms with Gasteiger partial charge in [0.2, 0.25) is 5.70 Å². The van der Waals surface area contributed by atoms with Crippen molar-refractivity contribution in [2.45, 2.75) is 62.7 Å². The normalized spacial score (nSPS) is 20.9. The predicted octanol–water partition coefficient (Wildman–Crippen LogP) is 6.11. The summed E-state index contributed by atoms with van der Waals surface area (Å²) in [5.41, 5.74) is -1.85. The van der Waals surface area contributed by atoms with Crippen molar-refractivity contribution in [3.8, 4) is 6.07 Å². The number of amides is 4. The fraction of sp³-hybridized carbons (Fsp3) is 0.419. The van der Waals surface area contributed by atoms with Crippen LogP contribution in [-0.4, -0.2) is 60.8 Å². The monoisotopic (exact) mass is 643 g/mol. The van der Waals surface area contributed by atoms with Gasteiger partial charge in [-0.15, -0.1) is 0 Å². The van der Waals surface area contributed by atoms with Crippen LogP contribution >= 0.6 is 0 Å². The van der Waals surface area contributed by atoms with Gasteiger partial charge in [-0.3, -0.25) is 4.90 Å². The van der Waals surface area contributed by atoms with Gasteiger partial charge in [-0.25, -0.2) is 27.8 Å². The lowest BCUT2D eigenvalue weighted by atomic mass is 9.86. The number of allylic oxidation sites excluding steroid dienone is 1. The summed E-state index contributed by atoms with van der Waals surface area (Å²) in [6, 6.07) is 5.32. The Labute approximate surface area is 259 Å². The average molecular weight is 644 g/mol. The fourth-order valence-electron chi connectivity index (χ4n) is 5.93. The van der Waals surface area contributed by atoms with E-state index < -0.39 is 52.3 Å². The Kier molecular flexibility index (Phi) is 9.61. The second-order valence-electron chi connectivity index (χ2n) is 11.3. The largest absolute Gasteiger partial charge is 0.416 e. The topological polar surface area (TPSA) is 126 Å². The van der Waals surface area contributed by atoms with Crippen molar-refractivity contribution >= 4 is 27.6 Å². The zero-order valence-corrected chi connectivity index (χ0v) is 25.7. The molecule has 238 valence electrons. The summed E-state index contributed by atoms with van der Waals surface area (Å²) >= 11 is 0. The molecule has 1 saturated carbocycles. The van der Waals surface area contributed by atoms with Crippen molar-refractivity contribution in [2.75, 3.05) is 24.3 Å². The smallest absolute Gasteiger partial charge is 0.395 e. The van der Waals surface area contributed by atoms with Gasteiger partial charge in [0.15, 0.2) is 9.84 Å². The highest BCUT2D eigenvalue weighted by atomic mass is 32.2. The van der Waals surface area contributed by atoms with Crippen molar-refractivity contribution in [3.05, 3.63) is 82.0 Å². The molecule has 1 aliphatic heterocycles. The molecule has 4 amide bonds. The summed E-state index contributed by atoms with van der Waals surface area (Å²) in [7, 11) is -4.09. The molecule has 0 spiro atoms. The number of imide groups is 1. The molecule has 4 rings (SSSR count). The minimum Gasteiger partial charge on any atom is -0.395 e. The molecule has 0 radical (unpaired) electrons. The van der Waals surface area contributed by atoms with Gasteiger partial charge in [0.05, 0.1) is 35.3 Å². The second-order valence-corrected chi connectivity index (χ2v) is 13.3. The van der Waals surface area contributed by atoms with E-state index >= 15 is 0 Å². The van der Waals surface area contributed by atoms with E-state index in [9.17, 15) is 41.5 Å². The third-order valence-corrected chi connectivity index (χ3v) is 9.38. The molecule has 0 unspecified atom stereocenters. The first kappa shape index (κ1) is 33.5. The van der Waals surface area contributed by atoms with E-state index in [4.69, 9.17) is 6.57 Å². The molecule has 1 atom stereocenters. The average Bonchev–Trinajstić information content (AvgIpc) is 2.99. The number of carbonyl (C=O) groups is 2. The van der Waals surface area contributed by atoms with Crippen LogP contribution in [0.1, 0.15) is 62.3 Å². The molecule has 45 heavy (non-hydrogen) atoms. The van der Waals surface area contributed by atoms with Gasteiger partial charge in [0.1, 0.15) is 6.04 Å². The summed E-state index contributed by atoms with van der Waals surface area (Å²) in [6.07, 6.45) is -1.20. The number of benzene rings is 2. The molecule has 0 saturated heterocycles. The number of halogens is 3. The highest BCUT2D eigenvalue weighted by molar-refractivity contribution is 7.90. The number of alkyl halides is 3. The molecule has 2 aromatic rings. The number of sulfone groups is 1. The first-order valence-electron chi connectivity index (χ1n) is 14.2. The maximum Gasteiger partial charge on any atom is 0.416 e. The number of hydrogen-bond acceptors (Lipinski definition) is 6. The number of hydrogen-bond donors (Lipinski definition) is 1. The Hall–Kier alpha value is -4.40. The zero-order chi connectivity index (χ0) is 33.3. The number of nitriles is 1. The number of urea groups is 2. The Bertz CT molecular complexity index is 1720. The van der Waals surface area contributed by atoms with Gasteiger partial charge >= 0.3 is 18.2 Å². The molecule has 1 heterocycles. The summed E-state index contributed by atoms with van der Waals surface area (Å²) in [5, 5.41) is 19.4. The van der Waals surface area contributed by atoms with E-state index in [-0.39, 0.29) is 39.6 Å². The highest BCUT2D eigenvalue weighted by Crippen LogP contribution is 2.44. The molecule has 0 bridgehead atoms. The van der Waals surface area contributed by atoms with Crippen molar-refractivity contribution in [1.29, 1.82) is 5.26 Å². The third-order valence-electron chi connectivity index (χ3n) is 8.23. The molecule has 2 aliphatic rings. The minimum absolute atomic E-state index is 0.0203. The highest BCUT2D eigenvalue weighted by Gasteiger charge is 2.47. The van der Waals surface area contributed by atoms with Crippen LogP contribution in [0.4, 0.5) is 28.4 Å². The molecular formula is C31H32F3N5O5S. The first-order valence-corrected chi connectivity index (χ1v) is 16.1. The van der Waals surface area contributed by atoms with Gasteiger partial charge in [-0.1, -0.05) is 19.1 Å². The SMILES string of the molecule is [C-]#[N+]C1=C(C)N(c2cccc(C(F)(F)F)c2)C(=O)N(C(=O)N(CCO)C2CCC(C)CC2)[C@@H]1c1ccc(C#N)cc1S(C)(=O)=O. The summed E-state index contributed by atoms with van der Waals surface area (Å²) < 4.78 is 66.9. The molecule has 1 N–H and O–H groups in total. The Morgan fingerprint density at radius 1 is 1.18 bits per heavy atom. The van der Waals surface area contributed by atoms with E-state index in [1.165, 1.54) is 30.0 Å². The van der Waals surface area contributed by atoms with Crippen LogP contribution < -0.4 is 4.90 Å². The molecule has 1 fully saturated rings. The van der Waals surface area contributed by atoms with Crippen LogP contribution in [0.5, 0.6) is 0 Å². The summed E-state index contributed by atoms with van der Waals surface area (Å²) in [5.74, 6) is 0.392. The van der Waals surface area contributed by atoms with Crippen LogP contribution in [0.15, 0.2) is 58.8 Å². The lowest BCUT2D eigenvalue weighted by molar-refractivity contribution is -0.137. The van der Waals surface area contributed by atoms with Crippen molar-refractivity contribution in [1.82, 2.24) is 9.80 Å². The number of nitrogens with zero attached hydrogens (tertiary/aromatic N) is 5. The van der Waals surface area contributed by atoms with E-state index in [1.54, 1.807) is 0 Å². The van der Waals surface area contributed by atoms with Crippen LogP contribution in [-0.2, 0) is 16.0 Å². The van der Waals surface area contributed by atoms with E-state index in [0.717, 1.165) is 48.3 Å².